The number of nitrogens with zero attached hydrogens (tertiary/aromatic N) is 2. The Morgan fingerprint density at radius 1 is 1.32 bits per heavy atom. The molecule has 2 rings (SSSR count). The van der Waals surface area contributed by atoms with Crippen LogP contribution in [0.4, 0.5) is 11.8 Å². The van der Waals surface area contributed by atoms with Crippen molar-refractivity contribution in [3.8, 4) is 0 Å². The van der Waals surface area contributed by atoms with Crippen molar-refractivity contribution in [3.63, 3.8) is 0 Å². The van der Waals surface area contributed by atoms with E-state index in [1.807, 2.05) is 13.0 Å². The van der Waals surface area contributed by atoms with Crippen LogP contribution < -0.4 is 10.6 Å². The lowest BCUT2D eigenvalue weighted by Crippen LogP contribution is -2.18. The smallest absolute Gasteiger partial charge is 0.224 e. The molecule has 0 spiro atoms. The Morgan fingerprint density at radius 2 is 2.11 bits per heavy atom. The average molecular weight is 264 g/mol. The molecule has 0 bridgehead atoms. The van der Waals surface area contributed by atoms with Gasteiger partial charge in [0.25, 0.3) is 0 Å². The van der Waals surface area contributed by atoms with Crippen molar-refractivity contribution < 1.29 is 5.11 Å². The first kappa shape index (κ1) is 14.1. The first-order valence-electron chi connectivity index (χ1n) is 7.12. The van der Waals surface area contributed by atoms with Crippen LogP contribution in [-0.2, 0) is 0 Å². The van der Waals surface area contributed by atoms with Crippen LogP contribution in [0.5, 0.6) is 0 Å². The normalized spacial score (nSPS) is 16.2. The average Bonchev–Trinajstić information content (AvgIpc) is 3.14. The zero-order valence-corrected chi connectivity index (χ0v) is 11.9. The second kappa shape index (κ2) is 6.19. The van der Waals surface area contributed by atoms with Gasteiger partial charge in [-0.15, -0.1) is 0 Å². The lowest BCUT2D eigenvalue weighted by molar-refractivity contribution is 0.253. The molecule has 1 aromatic heterocycles. The van der Waals surface area contributed by atoms with E-state index in [2.05, 4.69) is 27.5 Å². The first-order valence-corrected chi connectivity index (χ1v) is 7.12. The molecule has 5 nitrogen and oxygen atoms in total. The number of nitrogens with one attached hydrogen (secondary N) is 2. The van der Waals surface area contributed by atoms with Crippen molar-refractivity contribution in [2.24, 2.45) is 5.41 Å². The van der Waals surface area contributed by atoms with Crippen molar-refractivity contribution in [2.75, 3.05) is 30.3 Å². The van der Waals surface area contributed by atoms with Gasteiger partial charge in [-0.1, -0.05) is 6.92 Å². The predicted octanol–water partition coefficient (Wildman–Crippen LogP) is 2.18. The molecular formula is C14H24N4O. The summed E-state index contributed by atoms with van der Waals surface area (Å²) in [5.74, 6) is 1.56. The topological polar surface area (TPSA) is 70.1 Å². The van der Waals surface area contributed by atoms with Crippen LogP contribution in [0.25, 0.3) is 0 Å². The summed E-state index contributed by atoms with van der Waals surface area (Å²) in [5, 5.41) is 15.7. The second-order valence-corrected chi connectivity index (χ2v) is 5.47. The summed E-state index contributed by atoms with van der Waals surface area (Å²) in [6, 6.07) is 1.96. The summed E-state index contributed by atoms with van der Waals surface area (Å²) in [6.07, 6.45) is 4.34. The standard InChI is InChI=1S/C14H24N4O/c1-3-7-15-13-17-11(2)9-12(18-13)16-10-14(4-5-14)6-8-19/h9,19H,3-8,10H2,1-2H3,(H2,15,16,17,18). The minimum Gasteiger partial charge on any atom is -0.396 e. The predicted molar refractivity (Wildman–Crippen MR) is 77.4 cm³/mol. The Labute approximate surface area is 114 Å². The van der Waals surface area contributed by atoms with Gasteiger partial charge in [0.05, 0.1) is 0 Å². The summed E-state index contributed by atoms with van der Waals surface area (Å²) in [6.45, 7) is 6.14. The Bertz CT molecular complexity index is 418. The Hall–Kier alpha value is -1.36. The number of aryl methyl sites for hydroxylation is 1. The molecule has 0 aromatic carbocycles. The largest absolute Gasteiger partial charge is 0.396 e. The highest BCUT2D eigenvalue weighted by atomic mass is 16.3. The van der Waals surface area contributed by atoms with E-state index < -0.39 is 0 Å². The highest BCUT2D eigenvalue weighted by Crippen LogP contribution is 2.48. The molecule has 1 aliphatic carbocycles. The third kappa shape index (κ3) is 4.06. The lowest BCUT2D eigenvalue weighted by atomic mass is 10.0. The van der Waals surface area contributed by atoms with E-state index in [4.69, 9.17) is 5.11 Å². The van der Waals surface area contributed by atoms with Gasteiger partial charge in [0, 0.05) is 31.5 Å². The van der Waals surface area contributed by atoms with E-state index >= 15 is 0 Å². The van der Waals surface area contributed by atoms with Gasteiger partial charge in [0.15, 0.2) is 0 Å². The molecule has 0 saturated heterocycles. The number of aliphatic hydroxyl groups excluding tert-OH is 1. The maximum atomic E-state index is 9.06. The molecule has 1 aromatic rings. The van der Waals surface area contributed by atoms with Crippen molar-refractivity contribution in [2.45, 2.75) is 39.5 Å². The van der Waals surface area contributed by atoms with Gasteiger partial charge < -0.3 is 15.7 Å². The molecule has 106 valence electrons. The minimum absolute atomic E-state index is 0.272. The Morgan fingerprint density at radius 3 is 2.74 bits per heavy atom. The van der Waals surface area contributed by atoms with Crippen LogP contribution >= 0.6 is 0 Å². The quantitative estimate of drug-likeness (QED) is 0.671. The molecule has 19 heavy (non-hydrogen) atoms. The van der Waals surface area contributed by atoms with Gasteiger partial charge in [0.1, 0.15) is 5.82 Å². The third-order valence-electron chi connectivity index (χ3n) is 3.63. The van der Waals surface area contributed by atoms with Crippen LogP contribution in [0.15, 0.2) is 6.07 Å². The van der Waals surface area contributed by atoms with Gasteiger partial charge in [-0.25, -0.2) is 4.98 Å². The molecule has 0 amide bonds. The number of hydrogen-bond donors (Lipinski definition) is 3. The fourth-order valence-electron chi connectivity index (χ4n) is 2.18. The monoisotopic (exact) mass is 264 g/mol. The number of rotatable bonds is 8. The van der Waals surface area contributed by atoms with Crippen molar-refractivity contribution >= 4 is 11.8 Å². The van der Waals surface area contributed by atoms with E-state index in [1.165, 1.54) is 12.8 Å². The van der Waals surface area contributed by atoms with E-state index in [-0.39, 0.29) is 6.61 Å². The fourth-order valence-corrected chi connectivity index (χ4v) is 2.18. The second-order valence-electron chi connectivity index (χ2n) is 5.47. The maximum Gasteiger partial charge on any atom is 0.224 e. The van der Waals surface area contributed by atoms with Crippen LogP contribution in [0.1, 0.15) is 38.3 Å². The zero-order valence-electron chi connectivity index (χ0n) is 11.9. The molecule has 0 unspecified atom stereocenters. The molecule has 0 atom stereocenters. The van der Waals surface area contributed by atoms with Crippen LogP contribution in [-0.4, -0.2) is 34.8 Å². The number of aliphatic hydroxyl groups is 1. The molecule has 1 saturated carbocycles. The molecular weight excluding hydrogens is 240 g/mol. The van der Waals surface area contributed by atoms with E-state index in [9.17, 15) is 0 Å². The van der Waals surface area contributed by atoms with Gasteiger partial charge >= 0.3 is 0 Å². The summed E-state index contributed by atoms with van der Waals surface area (Å²) in [5.41, 5.74) is 1.26. The molecule has 1 fully saturated rings. The van der Waals surface area contributed by atoms with E-state index in [0.717, 1.165) is 37.4 Å². The summed E-state index contributed by atoms with van der Waals surface area (Å²) in [7, 11) is 0. The van der Waals surface area contributed by atoms with E-state index in [1.54, 1.807) is 0 Å². The van der Waals surface area contributed by atoms with E-state index in [0.29, 0.717) is 11.4 Å². The fraction of sp³-hybridized carbons (Fsp3) is 0.714. The molecule has 1 heterocycles. The van der Waals surface area contributed by atoms with Gasteiger partial charge in [-0.3, -0.25) is 0 Å². The van der Waals surface area contributed by atoms with Crippen molar-refractivity contribution in [3.05, 3.63) is 11.8 Å². The Kier molecular flexibility index (Phi) is 4.58. The number of anilines is 2. The highest BCUT2D eigenvalue weighted by Gasteiger charge is 2.41. The van der Waals surface area contributed by atoms with Crippen LogP contribution in [0.2, 0.25) is 0 Å². The lowest BCUT2D eigenvalue weighted by Gasteiger charge is -2.15. The highest BCUT2D eigenvalue weighted by molar-refractivity contribution is 5.42. The number of hydrogen-bond acceptors (Lipinski definition) is 5. The van der Waals surface area contributed by atoms with Crippen molar-refractivity contribution in [1.82, 2.24) is 9.97 Å². The minimum atomic E-state index is 0.272. The van der Waals surface area contributed by atoms with Crippen molar-refractivity contribution in [1.29, 1.82) is 0 Å². The first-order chi connectivity index (χ1) is 9.17. The van der Waals surface area contributed by atoms with Gasteiger partial charge in [-0.2, -0.15) is 4.98 Å². The molecule has 5 heteroatoms. The number of aromatic nitrogens is 2. The molecule has 1 aliphatic rings. The summed E-state index contributed by atoms with van der Waals surface area (Å²) in [4.78, 5) is 8.83. The molecule has 0 radical (unpaired) electrons. The van der Waals surface area contributed by atoms with Gasteiger partial charge in [-0.05, 0) is 38.0 Å². The zero-order chi connectivity index (χ0) is 13.7. The van der Waals surface area contributed by atoms with Crippen LogP contribution in [0.3, 0.4) is 0 Å². The maximum absolute atomic E-state index is 9.06. The van der Waals surface area contributed by atoms with Gasteiger partial charge in [0.2, 0.25) is 5.95 Å². The van der Waals surface area contributed by atoms with Crippen LogP contribution in [0, 0.1) is 12.3 Å². The summed E-state index contributed by atoms with van der Waals surface area (Å²) < 4.78 is 0. The SMILES string of the molecule is CCCNc1nc(C)cc(NCC2(CCO)CC2)n1. The summed E-state index contributed by atoms with van der Waals surface area (Å²) >= 11 is 0. The molecule has 3 N–H and O–H groups in total. The third-order valence-corrected chi connectivity index (χ3v) is 3.63. The molecule has 0 aliphatic heterocycles. The Balaban J connectivity index is 1.94.